The molecule has 188 valence electrons. The zero-order valence-electron chi connectivity index (χ0n) is 21.3. The van der Waals surface area contributed by atoms with Crippen LogP contribution in [0.25, 0.3) is 67.1 Å². The number of hydrogen-bond donors (Lipinski definition) is 0. The summed E-state index contributed by atoms with van der Waals surface area (Å²) >= 11 is 0. The Balaban J connectivity index is 1.47. The second-order valence-corrected chi connectivity index (χ2v) is 9.52. The van der Waals surface area contributed by atoms with Crippen LogP contribution in [0.2, 0.25) is 0 Å². The minimum absolute atomic E-state index is 0.616. The molecule has 0 unspecified atom stereocenters. The molecule has 0 saturated heterocycles. The Hall–Kier alpha value is -5.69. The molecule has 0 fully saturated rings. The van der Waals surface area contributed by atoms with Crippen molar-refractivity contribution in [3.63, 3.8) is 0 Å². The maximum atomic E-state index is 5.34. The Morgan fingerprint density at radius 1 is 0.550 bits per heavy atom. The van der Waals surface area contributed by atoms with Crippen molar-refractivity contribution in [2.24, 2.45) is 0 Å². The van der Waals surface area contributed by atoms with Crippen molar-refractivity contribution in [2.75, 3.05) is 0 Å². The third-order valence-electron chi connectivity index (χ3n) is 7.23. The minimum Gasteiger partial charge on any atom is -0.309 e. The SMILES string of the molecule is c1ccc(-n2c3ccccc3c3c4nc(-c5cccc(-c6ncncn6)c5)n(-c5ccccn5)c4ccc32)cc1. The van der Waals surface area contributed by atoms with Crippen molar-refractivity contribution in [3.8, 4) is 34.3 Å². The molecule has 4 heterocycles. The second-order valence-electron chi connectivity index (χ2n) is 9.52. The van der Waals surface area contributed by atoms with E-state index in [1.807, 2.05) is 42.6 Å². The van der Waals surface area contributed by atoms with Crippen molar-refractivity contribution in [2.45, 2.75) is 0 Å². The Bertz CT molecular complexity index is 2150. The summed E-state index contributed by atoms with van der Waals surface area (Å²) in [6.07, 6.45) is 4.83. The Morgan fingerprint density at radius 2 is 1.32 bits per heavy atom. The standard InChI is InChI=1S/C33H21N7/c1-2-11-24(12-3-1)39-26-14-5-4-13-25(26)30-27(39)16-17-28-31(30)38-33(40(28)29-15-6-7-18-35-29)23-10-8-9-22(19-23)32-36-20-34-21-37-32/h1-21H. The van der Waals surface area contributed by atoms with Crippen molar-refractivity contribution >= 4 is 32.8 Å². The summed E-state index contributed by atoms with van der Waals surface area (Å²) in [6.45, 7) is 0. The maximum Gasteiger partial charge on any atom is 0.162 e. The first kappa shape index (κ1) is 22.3. The lowest BCUT2D eigenvalue weighted by molar-refractivity contribution is 1.03. The molecule has 40 heavy (non-hydrogen) atoms. The summed E-state index contributed by atoms with van der Waals surface area (Å²) in [7, 11) is 0. The first-order chi connectivity index (χ1) is 19.9. The number of fused-ring (bicyclic) bond motifs is 5. The van der Waals surface area contributed by atoms with E-state index in [-0.39, 0.29) is 0 Å². The van der Waals surface area contributed by atoms with Crippen LogP contribution < -0.4 is 0 Å². The third-order valence-corrected chi connectivity index (χ3v) is 7.23. The van der Waals surface area contributed by atoms with E-state index in [9.17, 15) is 0 Å². The summed E-state index contributed by atoms with van der Waals surface area (Å²) in [4.78, 5) is 22.7. The van der Waals surface area contributed by atoms with Crippen molar-refractivity contribution in [3.05, 3.63) is 128 Å². The highest BCUT2D eigenvalue weighted by atomic mass is 15.1. The number of hydrogen-bond acceptors (Lipinski definition) is 5. The zero-order chi connectivity index (χ0) is 26.5. The number of aromatic nitrogens is 7. The highest BCUT2D eigenvalue weighted by Gasteiger charge is 2.21. The van der Waals surface area contributed by atoms with E-state index >= 15 is 0 Å². The van der Waals surface area contributed by atoms with Gasteiger partial charge in [-0.25, -0.2) is 24.9 Å². The summed E-state index contributed by atoms with van der Waals surface area (Å²) in [6, 6.07) is 37.4. The molecule has 7 heteroatoms. The van der Waals surface area contributed by atoms with Crippen LogP contribution in [0.15, 0.2) is 128 Å². The van der Waals surface area contributed by atoms with Crippen LogP contribution in [0.5, 0.6) is 0 Å². The molecule has 4 aromatic heterocycles. The number of nitrogens with zero attached hydrogens (tertiary/aromatic N) is 7. The fraction of sp³-hybridized carbons (Fsp3) is 0. The molecule has 0 aliphatic heterocycles. The van der Waals surface area contributed by atoms with Crippen molar-refractivity contribution in [1.82, 2.24) is 34.1 Å². The smallest absolute Gasteiger partial charge is 0.162 e. The number of imidazole rings is 1. The van der Waals surface area contributed by atoms with E-state index in [2.05, 4.69) is 96.9 Å². The molecule has 4 aromatic carbocycles. The van der Waals surface area contributed by atoms with Gasteiger partial charge >= 0.3 is 0 Å². The largest absolute Gasteiger partial charge is 0.309 e. The first-order valence-corrected chi connectivity index (χ1v) is 13.0. The monoisotopic (exact) mass is 515 g/mol. The number of para-hydroxylation sites is 2. The van der Waals surface area contributed by atoms with E-state index in [0.29, 0.717) is 5.82 Å². The number of rotatable bonds is 4. The van der Waals surface area contributed by atoms with E-state index in [1.54, 1.807) is 0 Å². The van der Waals surface area contributed by atoms with Crippen molar-refractivity contribution in [1.29, 1.82) is 0 Å². The molecular weight excluding hydrogens is 494 g/mol. The lowest BCUT2D eigenvalue weighted by atomic mass is 10.1. The van der Waals surface area contributed by atoms with Gasteiger partial charge in [-0.1, -0.05) is 60.7 Å². The molecule has 8 rings (SSSR count). The molecule has 0 atom stereocenters. The average Bonchev–Trinajstić information content (AvgIpc) is 3.59. The van der Waals surface area contributed by atoms with Gasteiger partial charge in [0.1, 0.15) is 24.3 Å². The van der Waals surface area contributed by atoms with Crippen LogP contribution in [0.4, 0.5) is 0 Å². The van der Waals surface area contributed by atoms with Gasteiger partial charge in [0.15, 0.2) is 5.82 Å². The quantitative estimate of drug-likeness (QED) is 0.251. The van der Waals surface area contributed by atoms with Crippen LogP contribution in [0, 0.1) is 0 Å². The molecule has 8 aromatic rings. The van der Waals surface area contributed by atoms with Gasteiger partial charge in [-0.05, 0) is 48.5 Å². The average molecular weight is 516 g/mol. The van der Waals surface area contributed by atoms with Crippen LogP contribution in [0.3, 0.4) is 0 Å². The van der Waals surface area contributed by atoms with Crippen molar-refractivity contribution < 1.29 is 0 Å². The van der Waals surface area contributed by atoms with Crippen LogP contribution in [-0.4, -0.2) is 34.1 Å². The highest BCUT2D eigenvalue weighted by Crippen LogP contribution is 2.39. The Labute approximate surface area is 229 Å². The fourth-order valence-electron chi connectivity index (χ4n) is 5.55. The van der Waals surface area contributed by atoms with Gasteiger partial charge in [0, 0.05) is 33.8 Å². The summed E-state index contributed by atoms with van der Waals surface area (Å²) in [5.41, 5.74) is 7.11. The lowest BCUT2D eigenvalue weighted by Crippen LogP contribution is -2.00. The zero-order valence-corrected chi connectivity index (χ0v) is 21.3. The molecule has 0 bridgehead atoms. The predicted molar refractivity (Wildman–Crippen MR) is 157 cm³/mol. The Morgan fingerprint density at radius 3 is 2.17 bits per heavy atom. The molecule has 7 nitrogen and oxygen atoms in total. The molecule has 0 amide bonds. The first-order valence-electron chi connectivity index (χ1n) is 13.0. The van der Waals surface area contributed by atoms with E-state index in [1.165, 1.54) is 12.7 Å². The van der Waals surface area contributed by atoms with Gasteiger partial charge in [0.25, 0.3) is 0 Å². The topological polar surface area (TPSA) is 74.3 Å². The van der Waals surface area contributed by atoms with Gasteiger partial charge in [-0.15, -0.1) is 0 Å². The van der Waals surface area contributed by atoms with Gasteiger partial charge in [-0.3, -0.25) is 4.57 Å². The third kappa shape index (κ3) is 3.41. The Kier molecular flexibility index (Phi) is 4.99. The summed E-state index contributed by atoms with van der Waals surface area (Å²) in [5, 5.41) is 2.27. The molecule has 0 aliphatic rings. The number of pyridine rings is 1. The molecule has 0 N–H and O–H groups in total. The predicted octanol–water partition coefficient (Wildman–Crippen LogP) is 7.04. The van der Waals surface area contributed by atoms with Crippen LogP contribution in [0.1, 0.15) is 0 Å². The molecular formula is C33H21N7. The molecule has 0 aliphatic carbocycles. The van der Waals surface area contributed by atoms with Gasteiger partial charge < -0.3 is 4.57 Å². The number of benzene rings is 4. The summed E-state index contributed by atoms with van der Waals surface area (Å²) in [5.74, 6) is 2.22. The van der Waals surface area contributed by atoms with Gasteiger partial charge in [-0.2, -0.15) is 0 Å². The van der Waals surface area contributed by atoms with Gasteiger partial charge in [0.05, 0.1) is 22.1 Å². The normalized spacial score (nSPS) is 11.5. The molecule has 0 radical (unpaired) electrons. The minimum atomic E-state index is 0.616. The van der Waals surface area contributed by atoms with Gasteiger partial charge in [0.2, 0.25) is 0 Å². The van der Waals surface area contributed by atoms with E-state index in [4.69, 9.17) is 9.97 Å². The summed E-state index contributed by atoms with van der Waals surface area (Å²) < 4.78 is 4.45. The highest BCUT2D eigenvalue weighted by molar-refractivity contribution is 6.20. The van der Waals surface area contributed by atoms with Crippen LogP contribution >= 0.6 is 0 Å². The molecule has 0 saturated carbocycles. The van der Waals surface area contributed by atoms with Crippen LogP contribution in [-0.2, 0) is 0 Å². The second kappa shape index (κ2) is 8.96. The van der Waals surface area contributed by atoms with E-state index < -0.39 is 0 Å². The molecule has 0 spiro atoms. The maximum absolute atomic E-state index is 5.34. The van der Waals surface area contributed by atoms with E-state index in [0.717, 1.165) is 61.3 Å². The fourth-order valence-corrected chi connectivity index (χ4v) is 5.55. The lowest BCUT2D eigenvalue weighted by Gasteiger charge is -2.10.